The Morgan fingerprint density at radius 2 is 2.00 bits per heavy atom. The fraction of sp³-hybridized carbons (Fsp3) is 0.647. The Morgan fingerprint density at radius 3 is 2.79 bits per heavy atom. The van der Waals surface area contributed by atoms with Gasteiger partial charge in [-0.15, -0.1) is 11.8 Å². The first-order valence-electron chi connectivity index (χ1n) is 7.77. The molecule has 0 aromatic heterocycles. The highest BCUT2D eigenvalue weighted by Crippen LogP contribution is 2.43. The van der Waals surface area contributed by atoms with Crippen LogP contribution in [0.4, 0.5) is 0 Å². The largest absolute Gasteiger partial charge is 0.316 e. The predicted octanol–water partition coefficient (Wildman–Crippen LogP) is 4.43. The molecule has 3 rings (SSSR count). The lowest BCUT2D eigenvalue weighted by molar-refractivity contribution is 0.290. The molecule has 1 heterocycles. The summed E-state index contributed by atoms with van der Waals surface area (Å²) in [7, 11) is 2.15. The molecule has 1 fully saturated rings. The summed E-state index contributed by atoms with van der Waals surface area (Å²) in [5.41, 5.74) is 1.59. The fourth-order valence-corrected chi connectivity index (χ4v) is 5.12. The van der Waals surface area contributed by atoms with E-state index in [2.05, 4.69) is 36.6 Å². The summed E-state index contributed by atoms with van der Waals surface area (Å²) in [6, 6.07) is 9.66. The highest BCUT2D eigenvalue weighted by Gasteiger charge is 2.31. The molecule has 1 N–H and O–H groups in total. The van der Waals surface area contributed by atoms with E-state index in [0.29, 0.717) is 12.0 Å². The first-order valence-corrected chi connectivity index (χ1v) is 8.76. The molecule has 1 aliphatic heterocycles. The molecule has 1 aromatic rings. The van der Waals surface area contributed by atoms with Crippen LogP contribution in [0, 0.1) is 5.92 Å². The molecule has 0 bridgehead atoms. The standard InChI is InChI=1S/C17H25NS/c1-18-16(11-13-7-3-2-4-8-13)15-12-19-17-10-6-5-9-14(15)17/h5-6,9-10,13,15-16,18H,2-4,7-8,11-12H2,1H3. The lowest BCUT2D eigenvalue weighted by Gasteiger charge is -2.30. The van der Waals surface area contributed by atoms with Crippen molar-refractivity contribution in [1.29, 1.82) is 0 Å². The maximum atomic E-state index is 3.62. The maximum absolute atomic E-state index is 3.62. The number of benzene rings is 1. The summed E-state index contributed by atoms with van der Waals surface area (Å²) in [4.78, 5) is 1.51. The second kappa shape index (κ2) is 6.32. The third kappa shape index (κ3) is 3.00. The average molecular weight is 275 g/mol. The van der Waals surface area contributed by atoms with Crippen molar-refractivity contribution < 1.29 is 0 Å². The summed E-state index contributed by atoms with van der Waals surface area (Å²) in [6.07, 6.45) is 8.66. The van der Waals surface area contributed by atoms with Crippen LogP contribution in [0.1, 0.15) is 50.0 Å². The fourth-order valence-electron chi connectivity index (χ4n) is 3.79. The van der Waals surface area contributed by atoms with Crippen molar-refractivity contribution in [2.45, 2.75) is 55.4 Å². The molecule has 1 aromatic carbocycles. The van der Waals surface area contributed by atoms with Crippen LogP contribution in [0.2, 0.25) is 0 Å². The second-order valence-electron chi connectivity index (χ2n) is 6.09. The van der Waals surface area contributed by atoms with E-state index in [1.807, 2.05) is 11.8 Å². The van der Waals surface area contributed by atoms with Gasteiger partial charge in [0.1, 0.15) is 0 Å². The lowest BCUT2D eigenvalue weighted by atomic mass is 9.80. The maximum Gasteiger partial charge on any atom is 0.0144 e. The minimum atomic E-state index is 0.666. The van der Waals surface area contributed by atoms with Crippen LogP contribution >= 0.6 is 11.8 Å². The van der Waals surface area contributed by atoms with Gasteiger partial charge in [-0.2, -0.15) is 0 Å². The first-order chi connectivity index (χ1) is 9.38. The van der Waals surface area contributed by atoms with E-state index < -0.39 is 0 Å². The number of likely N-dealkylation sites (N-methyl/N-ethyl adjacent to an activating group) is 1. The van der Waals surface area contributed by atoms with Gasteiger partial charge in [-0.1, -0.05) is 50.3 Å². The van der Waals surface area contributed by atoms with Gasteiger partial charge in [0, 0.05) is 22.6 Å². The zero-order chi connectivity index (χ0) is 13.1. The number of hydrogen-bond donors (Lipinski definition) is 1. The summed E-state index contributed by atoms with van der Waals surface area (Å²) in [5.74, 6) is 2.94. The Labute approximate surface area is 121 Å². The van der Waals surface area contributed by atoms with Crippen LogP contribution in [-0.2, 0) is 0 Å². The molecule has 0 amide bonds. The summed E-state index contributed by atoms with van der Waals surface area (Å²) >= 11 is 2.04. The average Bonchev–Trinajstić information content (AvgIpc) is 2.90. The van der Waals surface area contributed by atoms with Crippen LogP contribution < -0.4 is 5.32 Å². The summed E-state index contributed by atoms with van der Waals surface area (Å²) in [6.45, 7) is 0. The minimum absolute atomic E-state index is 0.666. The molecule has 1 nitrogen and oxygen atoms in total. The number of rotatable bonds is 4. The van der Waals surface area contributed by atoms with Crippen LogP contribution in [0.25, 0.3) is 0 Å². The van der Waals surface area contributed by atoms with E-state index in [-0.39, 0.29) is 0 Å². The van der Waals surface area contributed by atoms with Crippen molar-refractivity contribution in [3.05, 3.63) is 29.8 Å². The van der Waals surface area contributed by atoms with Crippen molar-refractivity contribution >= 4 is 11.8 Å². The van der Waals surface area contributed by atoms with Crippen LogP contribution in [0.3, 0.4) is 0 Å². The Bertz CT molecular complexity index is 411. The zero-order valence-corrected chi connectivity index (χ0v) is 12.7. The van der Waals surface area contributed by atoms with Gasteiger partial charge in [-0.05, 0) is 31.0 Å². The van der Waals surface area contributed by atoms with E-state index in [9.17, 15) is 0 Å². The SMILES string of the molecule is CNC(CC1CCCCC1)C1CSc2ccccc21. The molecule has 2 heteroatoms. The van der Waals surface area contributed by atoms with E-state index >= 15 is 0 Å². The van der Waals surface area contributed by atoms with Crippen molar-refractivity contribution in [2.24, 2.45) is 5.92 Å². The second-order valence-corrected chi connectivity index (χ2v) is 7.15. The molecule has 19 heavy (non-hydrogen) atoms. The Hall–Kier alpha value is -0.470. The molecular formula is C17H25NS. The van der Waals surface area contributed by atoms with Crippen molar-refractivity contribution in [3.8, 4) is 0 Å². The molecule has 104 valence electrons. The number of fused-ring (bicyclic) bond motifs is 1. The first kappa shape index (κ1) is 13.5. The monoisotopic (exact) mass is 275 g/mol. The summed E-state index contributed by atoms with van der Waals surface area (Å²) in [5, 5.41) is 3.62. The Morgan fingerprint density at radius 1 is 1.21 bits per heavy atom. The molecule has 1 aliphatic carbocycles. The number of hydrogen-bond acceptors (Lipinski definition) is 2. The van der Waals surface area contributed by atoms with Gasteiger partial charge in [-0.25, -0.2) is 0 Å². The van der Waals surface area contributed by atoms with Crippen molar-refractivity contribution in [2.75, 3.05) is 12.8 Å². The normalized spacial score (nSPS) is 25.2. The quantitative estimate of drug-likeness (QED) is 0.872. The van der Waals surface area contributed by atoms with Crippen molar-refractivity contribution in [3.63, 3.8) is 0 Å². The molecule has 0 radical (unpaired) electrons. The van der Waals surface area contributed by atoms with Crippen LogP contribution in [0.15, 0.2) is 29.2 Å². The smallest absolute Gasteiger partial charge is 0.0144 e. The van der Waals surface area contributed by atoms with Crippen LogP contribution in [0.5, 0.6) is 0 Å². The number of thioether (sulfide) groups is 1. The van der Waals surface area contributed by atoms with Gasteiger partial charge >= 0.3 is 0 Å². The van der Waals surface area contributed by atoms with Gasteiger partial charge in [0.25, 0.3) is 0 Å². The highest BCUT2D eigenvalue weighted by atomic mass is 32.2. The Kier molecular flexibility index (Phi) is 4.49. The summed E-state index contributed by atoms with van der Waals surface area (Å²) < 4.78 is 0. The van der Waals surface area contributed by atoms with E-state index in [1.165, 1.54) is 49.2 Å². The molecule has 0 spiro atoms. The third-order valence-corrected chi connectivity index (χ3v) is 6.11. The molecule has 2 aliphatic rings. The van der Waals surface area contributed by atoms with Gasteiger partial charge in [-0.3, -0.25) is 0 Å². The van der Waals surface area contributed by atoms with Gasteiger partial charge < -0.3 is 5.32 Å². The number of nitrogens with one attached hydrogen (secondary N) is 1. The molecule has 1 saturated carbocycles. The van der Waals surface area contributed by atoms with Gasteiger partial charge in [0.15, 0.2) is 0 Å². The van der Waals surface area contributed by atoms with E-state index in [1.54, 1.807) is 5.56 Å². The van der Waals surface area contributed by atoms with Gasteiger partial charge in [0.2, 0.25) is 0 Å². The predicted molar refractivity (Wildman–Crippen MR) is 83.9 cm³/mol. The minimum Gasteiger partial charge on any atom is -0.316 e. The molecular weight excluding hydrogens is 250 g/mol. The molecule has 2 unspecified atom stereocenters. The van der Waals surface area contributed by atoms with Crippen LogP contribution in [-0.4, -0.2) is 18.8 Å². The topological polar surface area (TPSA) is 12.0 Å². The lowest BCUT2D eigenvalue weighted by Crippen LogP contribution is -2.34. The Balaban J connectivity index is 1.69. The molecule has 2 atom stereocenters. The van der Waals surface area contributed by atoms with Gasteiger partial charge in [0.05, 0.1) is 0 Å². The zero-order valence-electron chi connectivity index (χ0n) is 11.9. The van der Waals surface area contributed by atoms with E-state index in [0.717, 1.165) is 5.92 Å². The van der Waals surface area contributed by atoms with E-state index in [4.69, 9.17) is 0 Å². The van der Waals surface area contributed by atoms with Crippen molar-refractivity contribution in [1.82, 2.24) is 5.32 Å². The third-order valence-electron chi connectivity index (χ3n) is 4.91. The highest BCUT2D eigenvalue weighted by molar-refractivity contribution is 7.99. The molecule has 0 saturated heterocycles.